The van der Waals surface area contributed by atoms with E-state index in [2.05, 4.69) is 23.2 Å². The molecule has 4 heavy (non-hydrogen) atoms. The molecule has 0 aliphatic heterocycles. The fourth-order valence-electron chi connectivity index (χ4n) is 0. The van der Waals surface area contributed by atoms with Crippen LogP contribution in [-0.4, -0.2) is 21.8 Å². The van der Waals surface area contributed by atoms with Crippen molar-refractivity contribution >= 4 is 16.3 Å². The molecule has 0 aromatic rings. The Morgan fingerprint density at radius 1 is 1.75 bits per heavy atom. The Morgan fingerprint density at radius 3 is 1.75 bits per heavy atom. The lowest BCUT2D eigenvalue weighted by atomic mass is 11.0. The first-order valence-corrected chi connectivity index (χ1v) is 1.93. The molecule has 0 unspecified atom stereocenters. The SMILES string of the molecule is C[CH2][Al].O. The maximum Gasteiger partial charge on any atom is 0.117 e. The molecule has 0 amide bonds. The normalized spacial score (nSPS) is 4.25. The smallest absolute Gasteiger partial charge is 0.117 e. The molecule has 0 spiro atoms. The summed E-state index contributed by atoms with van der Waals surface area (Å²) in [6.45, 7) is 2.09. The summed E-state index contributed by atoms with van der Waals surface area (Å²) in [6.07, 6.45) is 0. The molecule has 2 heteroatoms. The Hall–Kier alpha value is 0.492. The summed E-state index contributed by atoms with van der Waals surface area (Å²) in [5, 5.41) is 1.17. The van der Waals surface area contributed by atoms with Gasteiger partial charge in [0, 0.05) is 0 Å². The molecule has 0 aliphatic carbocycles. The summed E-state index contributed by atoms with van der Waals surface area (Å²) in [5.74, 6) is 0. The van der Waals surface area contributed by atoms with E-state index in [0.29, 0.717) is 0 Å². The van der Waals surface area contributed by atoms with Crippen molar-refractivity contribution in [3.8, 4) is 0 Å². The van der Waals surface area contributed by atoms with Gasteiger partial charge in [0.05, 0.1) is 0 Å². The van der Waals surface area contributed by atoms with E-state index in [1.54, 1.807) is 0 Å². The number of rotatable bonds is 0. The van der Waals surface area contributed by atoms with E-state index in [1.165, 1.54) is 5.28 Å². The molecule has 0 aromatic carbocycles. The second kappa shape index (κ2) is 9.74. The first-order chi connectivity index (χ1) is 1.41. The largest absolute Gasteiger partial charge is 0.412 e. The van der Waals surface area contributed by atoms with Crippen molar-refractivity contribution in [1.29, 1.82) is 0 Å². The molecule has 0 atom stereocenters. The summed E-state index contributed by atoms with van der Waals surface area (Å²) in [4.78, 5) is 0. The van der Waals surface area contributed by atoms with Crippen LogP contribution in [0, 0.1) is 0 Å². The third-order valence-electron chi connectivity index (χ3n) is 0. The van der Waals surface area contributed by atoms with Gasteiger partial charge in [0.25, 0.3) is 0 Å². The Kier molecular flexibility index (Phi) is 21.5. The minimum Gasteiger partial charge on any atom is -0.412 e. The van der Waals surface area contributed by atoms with Crippen LogP contribution >= 0.6 is 0 Å². The lowest BCUT2D eigenvalue weighted by molar-refractivity contribution is 0.824. The molecular formula is C2H7AlO. The predicted molar refractivity (Wildman–Crippen MR) is 19.8 cm³/mol. The van der Waals surface area contributed by atoms with Crippen molar-refractivity contribution in [3.63, 3.8) is 0 Å². The molecule has 2 radical (unpaired) electrons. The van der Waals surface area contributed by atoms with Crippen molar-refractivity contribution in [2.45, 2.75) is 12.2 Å². The summed E-state index contributed by atoms with van der Waals surface area (Å²) < 4.78 is 0. The molecular weight excluding hydrogens is 67.0 g/mol. The van der Waals surface area contributed by atoms with Crippen molar-refractivity contribution in [1.82, 2.24) is 0 Å². The van der Waals surface area contributed by atoms with Gasteiger partial charge < -0.3 is 5.48 Å². The van der Waals surface area contributed by atoms with Crippen LogP contribution in [0.4, 0.5) is 0 Å². The molecule has 0 heterocycles. The predicted octanol–water partition coefficient (Wildman–Crippen LogP) is -0.232. The number of hydrogen-bond donors (Lipinski definition) is 0. The monoisotopic (exact) mass is 74.0 g/mol. The third-order valence-corrected chi connectivity index (χ3v) is 0. The van der Waals surface area contributed by atoms with Gasteiger partial charge >= 0.3 is 0 Å². The molecule has 0 aromatic heterocycles. The second-order valence-electron chi connectivity index (χ2n) is 0.408. The van der Waals surface area contributed by atoms with E-state index in [4.69, 9.17) is 0 Å². The minimum atomic E-state index is 0. The van der Waals surface area contributed by atoms with Crippen LogP contribution < -0.4 is 0 Å². The van der Waals surface area contributed by atoms with Crippen LogP contribution in [0.5, 0.6) is 0 Å². The quantitative estimate of drug-likeness (QED) is 0.355. The van der Waals surface area contributed by atoms with Gasteiger partial charge in [-0.3, -0.25) is 0 Å². The average Bonchev–Trinajstić information content (AvgIpc) is 0.918. The first kappa shape index (κ1) is 8.82. The van der Waals surface area contributed by atoms with Crippen LogP contribution in [-0.2, 0) is 0 Å². The highest BCUT2D eigenvalue weighted by Gasteiger charge is 1.37. The van der Waals surface area contributed by atoms with Crippen molar-refractivity contribution in [2.24, 2.45) is 0 Å². The topological polar surface area (TPSA) is 31.5 Å². The third kappa shape index (κ3) is 22.9. The van der Waals surface area contributed by atoms with E-state index < -0.39 is 0 Å². The highest BCUT2D eigenvalue weighted by Crippen LogP contribution is 1.49. The molecule has 2 N–H and O–H groups in total. The van der Waals surface area contributed by atoms with Gasteiger partial charge in [0.1, 0.15) is 16.3 Å². The molecule has 0 bridgehead atoms. The zero-order chi connectivity index (χ0) is 2.71. The number of hydrogen-bond acceptors (Lipinski definition) is 0. The van der Waals surface area contributed by atoms with E-state index in [-0.39, 0.29) is 5.48 Å². The zero-order valence-corrected chi connectivity index (χ0v) is 3.94. The minimum absolute atomic E-state index is 0. The van der Waals surface area contributed by atoms with Gasteiger partial charge in [0.2, 0.25) is 0 Å². The Labute approximate surface area is 34.7 Å². The Bertz CT molecular complexity index is 6.00. The van der Waals surface area contributed by atoms with Gasteiger partial charge in [-0.15, -0.1) is 5.28 Å². The van der Waals surface area contributed by atoms with Crippen LogP contribution in [0.25, 0.3) is 0 Å². The van der Waals surface area contributed by atoms with Crippen LogP contribution in [0.1, 0.15) is 6.92 Å². The first-order valence-electron chi connectivity index (χ1n) is 1.12. The van der Waals surface area contributed by atoms with Crippen LogP contribution in [0.15, 0.2) is 0 Å². The molecule has 0 saturated carbocycles. The molecule has 0 aliphatic rings. The van der Waals surface area contributed by atoms with E-state index in [1.807, 2.05) is 0 Å². The highest BCUT2D eigenvalue weighted by molar-refractivity contribution is 6.08. The van der Waals surface area contributed by atoms with Gasteiger partial charge in [-0.1, -0.05) is 6.92 Å². The molecule has 24 valence electrons. The van der Waals surface area contributed by atoms with E-state index in [0.717, 1.165) is 0 Å². The van der Waals surface area contributed by atoms with Crippen molar-refractivity contribution in [2.75, 3.05) is 0 Å². The molecule has 0 fully saturated rings. The summed E-state index contributed by atoms with van der Waals surface area (Å²) in [7, 11) is 0. The summed E-state index contributed by atoms with van der Waals surface area (Å²) in [5.41, 5.74) is 0. The highest BCUT2D eigenvalue weighted by atomic mass is 27.0. The van der Waals surface area contributed by atoms with Crippen LogP contribution in [0.3, 0.4) is 0 Å². The lowest BCUT2D eigenvalue weighted by Crippen LogP contribution is -1.41. The van der Waals surface area contributed by atoms with Gasteiger partial charge in [-0.05, 0) is 0 Å². The maximum absolute atomic E-state index is 2.58. The fourth-order valence-corrected chi connectivity index (χ4v) is 0. The van der Waals surface area contributed by atoms with Crippen LogP contribution in [0.2, 0.25) is 5.28 Å². The van der Waals surface area contributed by atoms with Gasteiger partial charge in [-0.25, -0.2) is 0 Å². The molecule has 0 saturated heterocycles. The lowest BCUT2D eigenvalue weighted by Gasteiger charge is -1.47. The second-order valence-corrected chi connectivity index (χ2v) is 1.22. The Balaban J connectivity index is 0. The molecule has 0 rings (SSSR count). The molecule has 1 nitrogen and oxygen atoms in total. The zero-order valence-electron chi connectivity index (χ0n) is 2.78. The Morgan fingerprint density at radius 2 is 1.75 bits per heavy atom. The van der Waals surface area contributed by atoms with Gasteiger partial charge in [-0.2, -0.15) is 0 Å². The standard InChI is InChI=1S/C2H5.Al.H2O/c1-2;;/h1H2,2H3;;1H2. The van der Waals surface area contributed by atoms with Crippen molar-refractivity contribution in [3.05, 3.63) is 0 Å². The fraction of sp³-hybridized carbons (Fsp3) is 1.00. The van der Waals surface area contributed by atoms with E-state index in [9.17, 15) is 0 Å². The van der Waals surface area contributed by atoms with Gasteiger partial charge in [0.15, 0.2) is 0 Å². The summed E-state index contributed by atoms with van der Waals surface area (Å²) >= 11 is 2.58. The average molecular weight is 74.1 g/mol. The van der Waals surface area contributed by atoms with Crippen molar-refractivity contribution < 1.29 is 5.48 Å². The maximum atomic E-state index is 2.58. The van der Waals surface area contributed by atoms with E-state index >= 15 is 0 Å². The summed E-state index contributed by atoms with van der Waals surface area (Å²) in [6, 6.07) is 0.